The van der Waals surface area contributed by atoms with Crippen LogP contribution in [0.3, 0.4) is 0 Å². The van der Waals surface area contributed by atoms with Gasteiger partial charge in [-0.05, 0) is 47.2 Å². The second kappa shape index (κ2) is 7.14. The Balaban J connectivity index is 0.00000200. The Hall–Kier alpha value is -1.76. The number of hydrogen-bond acceptors (Lipinski definition) is 1. The van der Waals surface area contributed by atoms with Gasteiger partial charge in [-0.15, -0.1) is 0 Å². The summed E-state index contributed by atoms with van der Waals surface area (Å²) in [4.78, 5) is 0. The molecule has 0 saturated carbocycles. The van der Waals surface area contributed by atoms with Gasteiger partial charge < -0.3 is 4.74 Å². The van der Waals surface area contributed by atoms with Crippen LogP contribution < -0.4 is 4.74 Å². The summed E-state index contributed by atoms with van der Waals surface area (Å²) >= 11 is 0. The van der Waals surface area contributed by atoms with E-state index in [2.05, 4.69) is 52.0 Å². The van der Waals surface area contributed by atoms with Crippen LogP contribution in [-0.2, 0) is 0 Å². The highest BCUT2D eigenvalue weighted by Crippen LogP contribution is 2.25. The zero-order valence-electron chi connectivity index (χ0n) is 12.2. The highest BCUT2D eigenvalue weighted by atomic mass is 16.5. The van der Waals surface area contributed by atoms with E-state index in [0.717, 1.165) is 11.5 Å². The van der Waals surface area contributed by atoms with E-state index >= 15 is 0 Å². The fourth-order valence-corrected chi connectivity index (χ4v) is 1.98. The van der Waals surface area contributed by atoms with Gasteiger partial charge in [0, 0.05) is 0 Å². The van der Waals surface area contributed by atoms with Gasteiger partial charge in [0.2, 0.25) is 0 Å². The molecule has 0 saturated heterocycles. The van der Waals surface area contributed by atoms with E-state index in [1.165, 1.54) is 11.1 Å². The Morgan fingerprint density at radius 1 is 0.600 bits per heavy atom. The first-order valence-electron chi connectivity index (χ1n) is 6.94. The van der Waals surface area contributed by atoms with Crippen molar-refractivity contribution in [2.45, 2.75) is 47.0 Å². The fraction of sp³-hybridized carbons (Fsp3) is 0.368. The summed E-state index contributed by atoms with van der Waals surface area (Å²) in [6, 6.07) is 16.6. The van der Waals surface area contributed by atoms with Crippen LogP contribution in [0.2, 0.25) is 0 Å². The quantitative estimate of drug-likeness (QED) is 0.628. The molecule has 0 aliphatic carbocycles. The zero-order chi connectivity index (χ0) is 13.8. The summed E-state index contributed by atoms with van der Waals surface area (Å²) in [7, 11) is 0. The van der Waals surface area contributed by atoms with E-state index in [4.69, 9.17) is 4.74 Å². The molecule has 0 unspecified atom stereocenters. The molecule has 0 fully saturated rings. The number of hydrogen-bond donors (Lipinski definition) is 0. The van der Waals surface area contributed by atoms with Gasteiger partial charge in [-0.2, -0.15) is 0 Å². The van der Waals surface area contributed by atoms with Crippen molar-refractivity contribution in [1.82, 2.24) is 0 Å². The van der Waals surface area contributed by atoms with Gasteiger partial charge in [-0.25, -0.2) is 0 Å². The van der Waals surface area contributed by atoms with Crippen molar-refractivity contribution in [2.75, 3.05) is 0 Å². The summed E-state index contributed by atoms with van der Waals surface area (Å²) in [5.41, 5.74) is 2.67. The van der Waals surface area contributed by atoms with Crippen LogP contribution in [0.25, 0.3) is 0 Å². The number of ether oxygens (including phenoxy) is 1. The van der Waals surface area contributed by atoms with Crippen LogP contribution in [0.1, 0.15) is 58.1 Å². The Morgan fingerprint density at radius 2 is 0.900 bits per heavy atom. The Morgan fingerprint density at radius 3 is 1.15 bits per heavy atom. The second-order valence-electron chi connectivity index (χ2n) is 5.55. The average molecular weight is 270 g/mol. The summed E-state index contributed by atoms with van der Waals surface area (Å²) in [6.07, 6.45) is 0. The lowest BCUT2D eigenvalue weighted by atomic mass is 10.0. The first-order chi connectivity index (χ1) is 9.06. The second-order valence-corrected chi connectivity index (χ2v) is 5.55. The minimum Gasteiger partial charge on any atom is -0.457 e. The van der Waals surface area contributed by atoms with E-state index in [0.29, 0.717) is 11.8 Å². The SMILES string of the molecule is C.CC(C)c1ccc(Oc2ccc(C(C)C)cc2)cc1. The van der Waals surface area contributed by atoms with Gasteiger partial charge in [0.25, 0.3) is 0 Å². The Labute approximate surface area is 123 Å². The van der Waals surface area contributed by atoms with Gasteiger partial charge in [-0.3, -0.25) is 0 Å². The lowest BCUT2D eigenvalue weighted by Gasteiger charge is -2.10. The molecular weight excluding hydrogens is 244 g/mol. The predicted molar refractivity (Wildman–Crippen MR) is 87.9 cm³/mol. The molecule has 0 bridgehead atoms. The van der Waals surface area contributed by atoms with Crippen molar-refractivity contribution in [3.8, 4) is 11.5 Å². The molecule has 1 nitrogen and oxygen atoms in total. The van der Waals surface area contributed by atoms with E-state index < -0.39 is 0 Å². The molecule has 1 heteroatoms. The lowest BCUT2D eigenvalue weighted by molar-refractivity contribution is 0.482. The highest BCUT2D eigenvalue weighted by Gasteiger charge is 2.02. The molecule has 0 N–H and O–H groups in total. The minimum absolute atomic E-state index is 0. The van der Waals surface area contributed by atoms with E-state index in [1.54, 1.807) is 0 Å². The normalized spacial score (nSPS) is 10.5. The first kappa shape index (κ1) is 16.3. The number of benzene rings is 2. The van der Waals surface area contributed by atoms with Gasteiger partial charge in [0.05, 0.1) is 0 Å². The third-order valence-corrected chi connectivity index (χ3v) is 3.33. The van der Waals surface area contributed by atoms with Crippen LogP contribution in [0, 0.1) is 0 Å². The van der Waals surface area contributed by atoms with E-state index in [-0.39, 0.29) is 7.43 Å². The molecule has 0 radical (unpaired) electrons. The molecule has 0 atom stereocenters. The van der Waals surface area contributed by atoms with Gasteiger partial charge >= 0.3 is 0 Å². The fourth-order valence-electron chi connectivity index (χ4n) is 1.98. The summed E-state index contributed by atoms with van der Waals surface area (Å²) < 4.78 is 5.85. The molecule has 2 aromatic rings. The minimum atomic E-state index is 0. The van der Waals surface area contributed by atoms with Crippen LogP contribution in [0.15, 0.2) is 48.5 Å². The van der Waals surface area contributed by atoms with Gasteiger partial charge in [0.15, 0.2) is 0 Å². The maximum Gasteiger partial charge on any atom is 0.127 e. The van der Waals surface area contributed by atoms with Crippen molar-refractivity contribution in [1.29, 1.82) is 0 Å². The smallest absolute Gasteiger partial charge is 0.127 e. The molecule has 0 aliphatic rings. The van der Waals surface area contributed by atoms with E-state index in [1.807, 2.05) is 24.3 Å². The molecule has 2 rings (SSSR count). The van der Waals surface area contributed by atoms with Crippen molar-refractivity contribution in [3.63, 3.8) is 0 Å². The lowest BCUT2D eigenvalue weighted by Crippen LogP contribution is -1.90. The van der Waals surface area contributed by atoms with Crippen molar-refractivity contribution >= 4 is 0 Å². The predicted octanol–water partition coefficient (Wildman–Crippen LogP) is 6.36. The van der Waals surface area contributed by atoms with Crippen molar-refractivity contribution in [2.24, 2.45) is 0 Å². The van der Waals surface area contributed by atoms with Gasteiger partial charge in [-0.1, -0.05) is 59.4 Å². The topological polar surface area (TPSA) is 9.23 Å². The maximum atomic E-state index is 5.85. The van der Waals surface area contributed by atoms with Crippen LogP contribution in [0.4, 0.5) is 0 Å². The highest BCUT2D eigenvalue weighted by molar-refractivity contribution is 5.35. The molecule has 0 aliphatic heterocycles. The molecule has 2 aromatic carbocycles. The van der Waals surface area contributed by atoms with Crippen LogP contribution in [0.5, 0.6) is 11.5 Å². The summed E-state index contributed by atoms with van der Waals surface area (Å²) in [6.45, 7) is 8.78. The average Bonchev–Trinajstić information content (AvgIpc) is 2.40. The largest absolute Gasteiger partial charge is 0.457 e. The number of rotatable bonds is 4. The standard InChI is InChI=1S/C18H22O.CH4/c1-13(2)15-5-9-17(10-6-15)19-18-11-7-16(8-12-18)14(3)4;/h5-14H,1-4H3;1H4. The summed E-state index contributed by atoms with van der Waals surface area (Å²) in [5, 5.41) is 0. The molecule has 0 amide bonds. The third-order valence-electron chi connectivity index (χ3n) is 3.33. The van der Waals surface area contributed by atoms with Crippen molar-refractivity contribution in [3.05, 3.63) is 59.7 Å². The van der Waals surface area contributed by atoms with Gasteiger partial charge in [0.1, 0.15) is 11.5 Å². The molecule has 0 spiro atoms. The van der Waals surface area contributed by atoms with E-state index in [9.17, 15) is 0 Å². The summed E-state index contributed by atoms with van der Waals surface area (Å²) in [5.74, 6) is 2.89. The first-order valence-corrected chi connectivity index (χ1v) is 6.94. The molecule has 108 valence electrons. The molecular formula is C19H26O. The molecule has 20 heavy (non-hydrogen) atoms. The molecule has 0 heterocycles. The Kier molecular flexibility index (Phi) is 5.82. The van der Waals surface area contributed by atoms with Crippen LogP contribution in [-0.4, -0.2) is 0 Å². The van der Waals surface area contributed by atoms with Crippen LogP contribution >= 0.6 is 0 Å². The molecule has 0 aromatic heterocycles. The Bertz CT molecular complexity index is 457. The monoisotopic (exact) mass is 270 g/mol. The van der Waals surface area contributed by atoms with Crippen molar-refractivity contribution < 1.29 is 4.74 Å². The maximum absolute atomic E-state index is 5.85. The third kappa shape index (κ3) is 4.12. The zero-order valence-corrected chi connectivity index (χ0v) is 12.2.